The van der Waals surface area contributed by atoms with Crippen molar-refractivity contribution in [1.82, 2.24) is 5.32 Å². The molecule has 3 aliphatic rings. The molecule has 6 nitrogen and oxygen atoms in total. The molecule has 3 aliphatic heterocycles. The first-order valence-corrected chi connectivity index (χ1v) is 16.1. The third-order valence-corrected chi connectivity index (χ3v) is 9.58. The van der Waals surface area contributed by atoms with Gasteiger partial charge in [0.2, 0.25) is 0 Å². The number of thioether (sulfide) groups is 1. The van der Waals surface area contributed by atoms with Crippen molar-refractivity contribution in [2.24, 2.45) is 4.99 Å². The lowest BCUT2D eigenvalue weighted by Crippen LogP contribution is -2.37. The van der Waals surface area contributed by atoms with Gasteiger partial charge in [0.15, 0.2) is 16.7 Å². The van der Waals surface area contributed by atoms with Gasteiger partial charge in [0.1, 0.15) is 0 Å². The van der Waals surface area contributed by atoms with Crippen LogP contribution in [0.2, 0.25) is 0 Å². The highest BCUT2D eigenvalue weighted by Gasteiger charge is 2.35. The zero-order chi connectivity index (χ0) is 30.0. The maximum absolute atomic E-state index is 13.1. The molecule has 0 radical (unpaired) electrons. The standard InChI is InChI=1S/C37H35N3O3S/c1-3-43-33-20-24(14-15-32(33)42-2)21-34-36(41)39-37(44-34)38-27-22-30-28(25-10-6-4-7-11-25)16-18-40-19-17-29(31(23-27)35(30)40)26-12-8-5-9-13-26/h4-15,20-23,28-29H,3,16-19H2,1-2H3,(H,38,39,41)/b34-21-/t28-,29+. The van der Waals surface area contributed by atoms with Crippen molar-refractivity contribution in [2.45, 2.75) is 31.6 Å². The van der Waals surface area contributed by atoms with Crippen molar-refractivity contribution in [3.8, 4) is 11.5 Å². The van der Waals surface area contributed by atoms with Gasteiger partial charge in [-0.1, -0.05) is 66.7 Å². The van der Waals surface area contributed by atoms with Crippen molar-refractivity contribution < 1.29 is 14.3 Å². The summed E-state index contributed by atoms with van der Waals surface area (Å²) in [6.45, 7) is 4.56. The summed E-state index contributed by atoms with van der Waals surface area (Å²) < 4.78 is 11.1. The number of benzene rings is 4. The average molecular weight is 602 g/mol. The molecule has 7 rings (SSSR count). The van der Waals surface area contributed by atoms with Crippen LogP contribution in [0.15, 0.2) is 101 Å². The number of carbonyl (C=O) groups excluding carboxylic acids is 1. The maximum Gasteiger partial charge on any atom is 0.264 e. The number of nitrogens with one attached hydrogen (secondary N) is 1. The normalized spacial score (nSPS) is 20.9. The number of hydrogen-bond donors (Lipinski definition) is 1. The molecule has 222 valence electrons. The Morgan fingerprint density at radius 3 is 2.11 bits per heavy atom. The number of carbonyl (C=O) groups is 1. The van der Waals surface area contributed by atoms with Crippen LogP contribution in [0, 0.1) is 0 Å². The highest BCUT2D eigenvalue weighted by molar-refractivity contribution is 8.18. The summed E-state index contributed by atoms with van der Waals surface area (Å²) in [4.78, 5) is 21.2. The molecule has 3 heterocycles. The van der Waals surface area contributed by atoms with Gasteiger partial charge in [-0.15, -0.1) is 0 Å². The van der Waals surface area contributed by atoms with Crippen LogP contribution in [0.1, 0.15) is 59.4 Å². The fourth-order valence-electron chi connectivity index (χ4n) is 6.70. The largest absolute Gasteiger partial charge is 0.493 e. The first-order chi connectivity index (χ1) is 21.6. The van der Waals surface area contributed by atoms with Crippen molar-refractivity contribution in [3.63, 3.8) is 0 Å². The number of amidine groups is 1. The predicted octanol–water partition coefficient (Wildman–Crippen LogP) is 7.86. The molecule has 0 aromatic heterocycles. The van der Waals surface area contributed by atoms with Gasteiger partial charge in [0.25, 0.3) is 5.91 Å². The number of rotatable bonds is 7. The van der Waals surface area contributed by atoms with Gasteiger partial charge < -0.3 is 19.7 Å². The lowest BCUT2D eigenvalue weighted by molar-refractivity contribution is -0.115. The van der Waals surface area contributed by atoms with Crippen molar-refractivity contribution in [3.05, 3.63) is 124 Å². The molecule has 1 saturated heterocycles. The number of anilines is 1. The summed E-state index contributed by atoms with van der Waals surface area (Å²) in [6.07, 6.45) is 4.00. The summed E-state index contributed by atoms with van der Waals surface area (Å²) in [6, 6.07) is 31.8. The minimum Gasteiger partial charge on any atom is -0.493 e. The summed E-state index contributed by atoms with van der Waals surface area (Å²) in [7, 11) is 1.62. The van der Waals surface area contributed by atoms with E-state index in [1.807, 2.05) is 31.2 Å². The summed E-state index contributed by atoms with van der Waals surface area (Å²) in [5.74, 6) is 1.76. The second-order valence-electron chi connectivity index (χ2n) is 11.3. The molecule has 1 amide bonds. The highest BCUT2D eigenvalue weighted by atomic mass is 32.2. The van der Waals surface area contributed by atoms with E-state index in [-0.39, 0.29) is 5.91 Å². The van der Waals surface area contributed by atoms with Gasteiger partial charge in [0, 0.05) is 30.6 Å². The van der Waals surface area contributed by atoms with E-state index in [1.54, 1.807) is 7.11 Å². The molecule has 0 unspecified atom stereocenters. The first kappa shape index (κ1) is 28.3. The van der Waals surface area contributed by atoms with E-state index in [0.717, 1.165) is 37.2 Å². The molecule has 1 fully saturated rings. The Labute approximate surface area is 262 Å². The van der Waals surface area contributed by atoms with Crippen molar-refractivity contribution in [2.75, 3.05) is 31.7 Å². The third-order valence-electron chi connectivity index (χ3n) is 8.67. The minimum absolute atomic E-state index is 0.155. The molecular formula is C37H35N3O3S. The second-order valence-corrected chi connectivity index (χ2v) is 12.3. The number of nitrogens with zero attached hydrogens (tertiary/aromatic N) is 2. The Morgan fingerprint density at radius 1 is 0.886 bits per heavy atom. The molecule has 0 saturated carbocycles. The quantitative estimate of drug-likeness (QED) is 0.219. The van der Waals surface area contributed by atoms with E-state index in [1.165, 1.54) is 39.7 Å². The Bertz CT molecular complexity index is 1680. The van der Waals surface area contributed by atoms with Crippen molar-refractivity contribution in [1.29, 1.82) is 0 Å². The molecule has 44 heavy (non-hydrogen) atoms. The van der Waals surface area contributed by atoms with E-state index in [2.05, 4.69) is 83.0 Å². The Balaban J connectivity index is 1.27. The molecule has 0 aliphatic carbocycles. The Kier molecular flexibility index (Phi) is 7.88. The van der Waals surface area contributed by atoms with Crippen molar-refractivity contribution >= 4 is 40.3 Å². The molecule has 0 bridgehead atoms. The van der Waals surface area contributed by atoms with Crippen LogP contribution in [-0.4, -0.2) is 37.9 Å². The SMILES string of the molecule is CCOc1cc(/C=C2\SC(=Nc3cc4c5c(c3)[C@H](c3ccccc3)CCN5CC[C@@H]4c3ccccc3)NC2=O)ccc1OC. The van der Waals surface area contributed by atoms with Gasteiger partial charge in [-0.25, -0.2) is 4.99 Å². The van der Waals surface area contributed by atoms with Crippen LogP contribution in [0.4, 0.5) is 11.4 Å². The van der Waals surface area contributed by atoms with Crippen LogP contribution in [0.5, 0.6) is 11.5 Å². The van der Waals surface area contributed by atoms with E-state index in [0.29, 0.717) is 40.0 Å². The topological polar surface area (TPSA) is 63.2 Å². The van der Waals surface area contributed by atoms with Crippen LogP contribution in [-0.2, 0) is 4.79 Å². The molecule has 7 heteroatoms. The Hall–Kier alpha value is -4.49. The van der Waals surface area contributed by atoms with E-state index in [4.69, 9.17) is 14.5 Å². The molecule has 2 atom stereocenters. The highest BCUT2D eigenvalue weighted by Crippen LogP contribution is 2.50. The monoisotopic (exact) mass is 601 g/mol. The maximum atomic E-state index is 13.1. The van der Waals surface area contributed by atoms with Gasteiger partial charge in [-0.2, -0.15) is 0 Å². The summed E-state index contributed by atoms with van der Waals surface area (Å²) in [5, 5.41) is 3.59. The second kappa shape index (κ2) is 12.2. The number of ether oxygens (including phenoxy) is 2. The Morgan fingerprint density at radius 2 is 1.52 bits per heavy atom. The van der Waals surface area contributed by atoms with E-state index in [9.17, 15) is 4.79 Å². The van der Waals surface area contributed by atoms with Gasteiger partial charge in [0.05, 0.1) is 24.3 Å². The van der Waals surface area contributed by atoms with Gasteiger partial charge in [-0.05, 0) is 89.7 Å². The lowest BCUT2D eigenvalue weighted by atomic mass is 9.76. The molecule has 4 aromatic rings. The minimum atomic E-state index is -0.155. The first-order valence-electron chi connectivity index (χ1n) is 15.2. The number of aliphatic imine (C=N–C) groups is 1. The van der Waals surface area contributed by atoms with E-state index >= 15 is 0 Å². The zero-order valence-electron chi connectivity index (χ0n) is 25.0. The van der Waals surface area contributed by atoms with Gasteiger partial charge in [-0.3, -0.25) is 4.79 Å². The fraction of sp³-hybridized carbons (Fsp3) is 0.243. The third kappa shape index (κ3) is 5.48. The van der Waals surface area contributed by atoms with Crippen LogP contribution in [0.3, 0.4) is 0 Å². The summed E-state index contributed by atoms with van der Waals surface area (Å²) in [5.41, 5.74) is 8.42. The zero-order valence-corrected chi connectivity index (χ0v) is 25.8. The molecular weight excluding hydrogens is 566 g/mol. The van der Waals surface area contributed by atoms with Gasteiger partial charge >= 0.3 is 0 Å². The van der Waals surface area contributed by atoms with Crippen LogP contribution >= 0.6 is 11.8 Å². The molecule has 4 aromatic carbocycles. The predicted molar refractivity (Wildman–Crippen MR) is 179 cm³/mol. The van der Waals surface area contributed by atoms with Crippen LogP contribution in [0.25, 0.3) is 6.08 Å². The fourth-order valence-corrected chi connectivity index (χ4v) is 7.55. The van der Waals surface area contributed by atoms with Crippen LogP contribution < -0.4 is 19.7 Å². The number of hydrogen-bond acceptors (Lipinski definition) is 6. The summed E-state index contributed by atoms with van der Waals surface area (Å²) >= 11 is 1.37. The average Bonchev–Trinajstić information content (AvgIpc) is 3.40. The smallest absolute Gasteiger partial charge is 0.264 e. The molecule has 0 spiro atoms. The number of amides is 1. The number of methoxy groups -OCH3 is 1. The molecule has 1 N–H and O–H groups in total. The lowest BCUT2D eigenvalue weighted by Gasteiger charge is -2.43. The van der Waals surface area contributed by atoms with E-state index < -0.39 is 0 Å².